The third-order valence-corrected chi connectivity index (χ3v) is 7.34. The van der Waals surface area contributed by atoms with E-state index in [1.165, 1.54) is 0 Å². The molecule has 0 aliphatic rings. The molecular formula is C22H23ClN2O3S. The molecule has 1 aromatic heterocycles. The van der Waals surface area contributed by atoms with Crippen LogP contribution < -0.4 is 5.14 Å². The van der Waals surface area contributed by atoms with Crippen LogP contribution in [-0.4, -0.2) is 18.8 Å². The Morgan fingerprint density at radius 1 is 1.10 bits per heavy atom. The maximum absolute atomic E-state index is 13.2. The summed E-state index contributed by atoms with van der Waals surface area (Å²) in [6.07, 6.45) is 0.224. The van der Waals surface area contributed by atoms with Gasteiger partial charge in [0.1, 0.15) is 0 Å². The smallest absolute Gasteiger partial charge is 0.224 e. The quantitative estimate of drug-likeness (QED) is 0.596. The molecule has 0 fully saturated rings. The summed E-state index contributed by atoms with van der Waals surface area (Å²) in [5.41, 5.74) is 2.60. The second-order valence-corrected chi connectivity index (χ2v) is 9.27. The van der Waals surface area contributed by atoms with Crippen LogP contribution in [0.15, 0.2) is 60.7 Å². The zero-order valence-electron chi connectivity index (χ0n) is 16.5. The summed E-state index contributed by atoms with van der Waals surface area (Å²) in [5.74, 6) is -0.208. The number of sulfonamides is 1. The molecule has 0 saturated heterocycles. The van der Waals surface area contributed by atoms with Gasteiger partial charge in [-0.05, 0) is 54.8 Å². The molecule has 29 heavy (non-hydrogen) atoms. The summed E-state index contributed by atoms with van der Waals surface area (Å²) in [5, 5.41) is 6.32. The van der Waals surface area contributed by atoms with Gasteiger partial charge in [0.2, 0.25) is 15.8 Å². The fourth-order valence-corrected chi connectivity index (χ4v) is 5.44. The molecule has 2 aromatic carbocycles. The fourth-order valence-electron chi connectivity index (χ4n) is 3.96. The topological polar surface area (TPSA) is 82.2 Å². The first-order chi connectivity index (χ1) is 13.6. The van der Waals surface area contributed by atoms with E-state index in [1.54, 1.807) is 80.1 Å². The van der Waals surface area contributed by atoms with Crippen LogP contribution >= 0.6 is 11.6 Å². The number of primary sulfonamides is 1. The summed E-state index contributed by atoms with van der Waals surface area (Å²) < 4.78 is 26.0. The molecule has 5 nitrogen and oxygen atoms in total. The summed E-state index contributed by atoms with van der Waals surface area (Å²) in [4.78, 5) is 13.2. The molecule has 0 radical (unpaired) electrons. The van der Waals surface area contributed by atoms with Crippen LogP contribution in [0.1, 0.15) is 46.2 Å². The molecule has 3 rings (SSSR count). The number of aryl methyl sites for hydroxylation is 1. The van der Waals surface area contributed by atoms with Gasteiger partial charge in [-0.2, -0.15) is 0 Å². The molecule has 152 valence electrons. The number of hydrogen-bond acceptors (Lipinski definition) is 3. The van der Waals surface area contributed by atoms with Crippen LogP contribution in [0, 0.1) is 6.92 Å². The van der Waals surface area contributed by atoms with E-state index in [4.69, 9.17) is 16.7 Å². The first-order valence-electron chi connectivity index (χ1n) is 9.18. The third-order valence-electron chi connectivity index (χ3n) is 5.38. The number of hydrogen-bond donors (Lipinski definition) is 1. The third kappa shape index (κ3) is 3.52. The van der Waals surface area contributed by atoms with E-state index in [1.807, 2.05) is 6.07 Å². The lowest BCUT2D eigenvalue weighted by Gasteiger charge is -2.32. The number of carbonyl (C=O) groups excluding carboxylic acids is 1. The van der Waals surface area contributed by atoms with Crippen molar-refractivity contribution in [2.45, 2.75) is 25.0 Å². The summed E-state index contributed by atoms with van der Waals surface area (Å²) in [7, 11) is -2.36. The van der Waals surface area contributed by atoms with Crippen LogP contribution in [0.5, 0.6) is 0 Å². The van der Waals surface area contributed by atoms with E-state index in [-0.39, 0.29) is 12.2 Å². The van der Waals surface area contributed by atoms with Gasteiger partial charge in [0.25, 0.3) is 0 Å². The highest BCUT2D eigenvalue weighted by Gasteiger charge is 2.46. The van der Waals surface area contributed by atoms with Crippen molar-refractivity contribution in [3.05, 3.63) is 93.8 Å². The number of nitrogens with zero attached hydrogens (tertiary/aromatic N) is 1. The number of aromatic nitrogens is 1. The predicted octanol–water partition coefficient (Wildman–Crippen LogP) is 4.16. The van der Waals surface area contributed by atoms with E-state index in [9.17, 15) is 13.2 Å². The standard InChI is InChI=1S/C22H23ClN2O3S/c1-4-22(29(24,27)28,17-8-6-5-7-9-17)19-14-15(2)20(25(19)3)21(26)16-10-12-18(23)13-11-16/h5-14H,4H2,1-3H3,(H2,24,27,28). The molecule has 1 heterocycles. The Labute approximate surface area is 176 Å². The molecule has 0 amide bonds. The SMILES string of the molecule is CCC(c1ccccc1)(c1cc(C)c(C(=O)c2ccc(Cl)cc2)n1C)S(N)(=O)=O. The van der Waals surface area contributed by atoms with Crippen molar-refractivity contribution in [1.82, 2.24) is 4.57 Å². The van der Waals surface area contributed by atoms with Gasteiger partial charge >= 0.3 is 0 Å². The van der Waals surface area contributed by atoms with Crippen LogP contribution in [-0.2, 0) is 21.8 Å². The fraction of sp³-hybridized carbons (Fsp3) is 0.227. The van der Waals surface area contributed by atoms with Gasteiger partial charge in [0.15, 0.2) is 4.75 Å². The number of carbonyl (C=O) groups is 1. The van der Waals surface area contributed by atoms with Crippen molar-refractivity contribution in [2.75, 3.05) is 0 Å². The molecule has 0 aliphatic heterocycles. The van der Waals surface area contributed by atoms with Gasteiger partial charge in [-0.3, -0.25) is 4.79 Å². The molecule has 0 saturated carbocycles. The predicted molar refractivity (Wildman–Crippen MR) is 116 cm³/mol. The maximum Gasteiger partial charge on any atom is 0.224 e. The minimum atomic E-state index is -4.05. The highest BCUT2D eigenvalue weighted by molar-refractivity contribution is 7.90. The van der Waals surface area contributed by atoms with Crippen LogP contribution in [0.3, 0.4) is 0 Å². The minimum Gasteiger partial charge on any atom is -0.343 e. The van der Waals surface area contributed by atoms with E-state index < -0.39 is 14.8 Å². The Morgan fingerprint density at radius 3 is 2.21 bits per heavy atom. The highest BCUT2D eigenvalue weighted by Crippen LogP contribution is 2.41. The second kappa shape index (κ2) is 7.78. The van der Waals surface area contributed by atoms with Gasteiger partial charge < -0.3 is 4.57 Å². The zero-order chi connectivity index (χ0) is 21.4. The zero-order valence-corrected chi connectivity index (χ0v) is 18.1. The summed E-state index contributed by atoms with van der Waals surface area (Å²) >= 11 is 5.93. The van der Waals surface area contributed by atoms with Crippen LogP contribution in [0.2, 0.25) is 5.02 Å². The van der Waals surface area contributed by atoms with Crippen molar-refractivity contribution in [3.63, 3.8) is 0 Å². The number of halogens is 1. The summed E-state index contributed by atoms with van der Waals surface area (Å²) in [6.45, 7) is 3.57. The molecule has 2 N–H and O–H groups in total. The molecule has 3 aromatic rings. The van der Waals surface area contributed by atoms with Crippen molar-refractivity contribution in [2.24, 2.45) is 12.2 Å². The van der Waals surface area contributed by atoms with Crippen LogP contribution in [0.4, 0.5) is 0 Å². The lowest BCUT2D eigenvalue weighted by atomic mass is 9.91. The Bertz CT molecular complexity index is 1150. The van der Waals surface area contributed by atoms with E-state index in [2.05, 4.69) is 0 Å². The van der Waals surface area contributed by atoms with Gasteiger partial charge in [0, 0.05) is 23.3 Å². The lowest BCUT2D eigenvalue weighted by molar-refractivity contribution is 0.103. The Balaban J connectivity index is 2.26. The second-order valence-electron chi connectivity index (χ2n) is 7.05. The van der Waals surface area contributed by atoms with Crippen molar-refractivity contribution in [1.29, 1.82) is 0 Å². The van der Waals surface area contributed by atoms with E-state index in [0.29, 0.717) is 33.1 Å². The normalized spacial score (nSPS) is 13.8. The minimum absolute atomic E-state index is 0.208. The lowest BCUT2D eigenvalue weighted by Crippen LogP contribution is -2.43. The van der Waals surface area contributed by atoms with Gasteiger partial charge in [0.05, 0.1) is 5.69 Å². The van der Waals surface area contributed by atoms with Gasteiger partial charge in [-0.25, -0.2) is 13.6 Å². The monoisotopic (exact) mass is 430 g/mol. The molecular weight excluding hydrogens is 408 g/mol. The molecule has 7 heteroatoms. The molecule has 1 atom stereocenters. The van der Waals surface area contributed by atoms with E-state index in [0.717, 1.165) is 0 Å². The number of benzene rings is 2. The molecule has 1 unspecified atom stereocenters. The van der Waals surface area contributed by atoms with Crippen molar-refractivity contribution >= 4 is 27.4 Å². The molecule has 0 aliphatic carbocycles. The Morgan fingerprint density at radius 2 is 1.69 bits per heavy atom. The first kappa shape index (κ1) is 21.3. The summed E-state index contributed by atoms with van der Waals surface area (Å²) in [6, 6.07) is 17.2. The van der Waals surface area contributed by atoms with Gasteiger partial charge in [-0.15, -0.1) is 0 Å². The number of ketones is 1. The average molecular weight is 431 g/mol. The average Bonchev–Trinajstić information content (AvgIpc) is 2.97. The van der Waals surface area contributed by atoms with Crippen molar-refractivity contribution in [3.8, 4) is 0 Å². The first-order valence-corrected chi connectivity index (χ1v) is 11.1. The van der Waals surface area contributed by atoms with E-state index >= 15 is 0 Å². The number of rotatable bonds is 6. The highest BCUT2D eigenvalue weighted by atomic mass is 35.5. The Hall–Kier alpha value is -2.41. The van der Waals surface area contributed by atoms with Crippen LogP contribution in [0.25, 0.3) is 0 Å². The molecule has 0 bridgehead atoms. The van der Waals surface area contributed by atoms with Crippen molar-refractivity contribution < 1.29 is 13.2 Å². The molecule has 0 spiro atoms. The van der Waals surface area contributed by atoms with Gasteiger partial charge in [-0.1, -0.05) is 48.9 Å². The largest absolute Gasteiger partial charge is 0.343 e. The number of nitrogens with two attached hydrogens (primary N) is 1. The Kier molecular flexibility index (Phi) is 5.72. The maximum atomic E-state index is 13.2.